The molecule has 0 amide bonds. The molecule has 0 fully saturated rings. The first-order valence-electron chi connectivity index (χ1n) is 9.34. The van der Waals surface area contributed by atoms with Crippen molar-refractivity contribution in [3.63, 3.8) is 0 Å². The fourth-order valence-corrected chi connectivity index (χ4v) is 2.92. The van der Waals surface area contributed by atoms with Crippen LogP contribution in [0.1, 0.15) is 17.2 Å². The molecule has 5 N–H and O–H groups in total. The summed E-state index contributed by atoms with van der Waals surface area (Å²) < 4.78 is 72.4. The number of aliphatic carboxylic acids is 1. The highest BCUT2D eigenvalue weighted by atomic mass is 19.4. The molecule has 0 radical (unpaired) electrons. The third-order valence-corrected chi connectivity index (χ3v) is 4.52. The standard InChI is InChI=1S/C21H17F5N4O3/c22-13-6-5-12(8-14(13)23)18(21(24,25)26)33-17-9-16(29-20(28)30-17)11-3-1-10(2-4-11)7-15(27)19(31)32/h1-6,8-9,15,18H,7,27H2,(H,31,32)(H2,28,29,30). The number of nitrogens with zero attached hydrogens (tertiary/aromatic N) is 2. The molecule has 3 aromatic rings. The first-order chi connectivity index (χ1) is 15.4. The van der Waals surface area contributed by atoms with Gasteiger partial charge in [-0.05, 0) is 24.1 Å². The van der Waals surface area contributed by atoms with Crippen LogP contribution in [0.15, 0.2) is 48.5 Å². The molecule has 3 rings (SSSR count). The Bertz CT molecular complexity index is 1160. The quantitative estimate of drug-likeness (QED) is 0.452. The molecule has 0 aliphatic rings. The number of rotatable bonds is 7. The van der Waals surface area contributed by atoms with E-state index in [-0.39, 0.29) is 18.1 Å². The largest absolute Gasteiger partial charge is 0.480 e. The molecule has 0 spiro atoms. The van der Waals surface area contributed by atoms with Crippen molar-refractivity contribution in [2.45, 2.75) is 24.7 Å². The summed E-state index contributed by atoms with van der Waals surface area (Å²) in [5, 5.41) is 8.89. The van der Waals surface area contributed by atoms with Crippen LogP contribution in [0.4, 0.5) is 27.9 Å². The summed E-state index contributed by atoms with van der Waals surface area (Å²) in [4.78, 5) is 18.5. The summed E-state index contributed by atoms with van der Waals surface area (Å²) in [6.45, 7) is 0. The van der Waals surface area contributed by atoms with Crippen LogP contribution >= 0.6 is 0 Å². The van der Waals surface area contributed by atoms with Gasteiger partial charge >= 0.3 is 12.1 Å². The van der Waals surface area contributed by atoms with Gasteiger partial charge in [-0.25, -0.2) is 13.8 Å². The van der Waals surface area contributed by atoms with Crippen LogP contribution < -0.4 is 16.2 Å². The maximum Gasteiger partial charge on any atom is 0.429 e. The van der Waals surface area contributed by atoms with Gasteiger partial charge in [-0.15, -0.1) is 0 Å². The molecule has 33 heavy (non-hydrogen) atoms. The van der Waals surface area contributed by atoms with Gasteiger partial charge in [0.15, 0.2) is 11.6 Å². The highest BCUT2D eigenvalue weighted by Gasteiger charge is 2.43. The van der Waals surface area contributed by atoms with Crippen LogP contribution in [-0.2, 0) is 11.2 Å². The number of aromatic nitrogens is 2. The van der Waals surface area contributed by atoms with Crippen molar-refractivity contribution in [2.24, 2.45) is 5.73 Å². The Morgan fingerprint density at radius 2 is 1.70 bits per heavy atom. The van der Waals surface area contributed by atoms with E-state index in [0.717, 1.165) is 12.1 Å². The number of hydrogen-bond acceptors (Lipinski definition) is 6. The van der Waals surface area contributed by atoms with Gasteiger partial charge in [-0.2, -0.15) is 18.2 Å². The summed E-state index contributed by atoms with van der Waals surface area (Å²) in [7, 11) is 0. The van der Waals surface area contributed by atoms with Crippen LogP contribution in [0.2, 0.25) is 0 Å². The Labute approximate surface area is 183 Å². The lowest BCUT2D eigenvalue weighted by Gasteiger charge is -2.22. The molecule has 2 unspecified atom stereocenters. The van der Waals surface area contributed by atoms with Crippen molar-refractivity contribution >= 4 is 11.9 Å². The van der Waals surface area contributed by atoms with E-state index in [1.165, 1.54) is 0 Å². The summed E-state index contributed by atoms with van der Waals surface area (Å²) in [6, 6.07) is 7.96. The molecule has 174 valence electrons. The van der Waals surface area contributed by atoms with Crippen molar-refractivity contribution in [3.05, 3.63) is 71.3 Å². The molecule has 12 heteroatoms. The zero-order valence-corrected chi connectivity index (χ0v) is 16.7. The highest BCUT2D eigenvalue weighted by molar-refractivity contribution is 5.73. The summed E-state index contributed by atoms with van der Waals surface area (Å²) in [5.74, 6) is -4.85. The molecule has 0 aliphatic carbocycles. The predicted octanol–water partition coefficient (Wildman–Crippen LogP) is 3.64. The van der Waals surface area contributed by atoms with E-state index in [9.17, 15) is 26.7 Å². The number of benzene rings is 2. The van der Waals surface area contributed by atoms with E-state index >= 15 is 0 Å². The molecule has 1 heterocycles. The maximum atomic E-state index is 13.6. The zero-order chi connectivity index (χ0) is 24.3. The minimum absolute atomic E-state index is 0.0668. The lowest BCUT2D eigenvalue weighted by atomic mass is 10.0. The molecule has 2 atom stereocenters. The third kappa shape index (κ3) is 5.92. The number of nitrogens with two attached hydrogens (primary N) is 2. The van der Waals surface area contributed by atoms with Gasteiger partial charge < -0.3 is 21.3 Å². The summed E-state index contributed by atoms with van der Waals surface area (Å²) in [6.07, 6.45) is -7.55. The van der Waals surface area contributed by atoms with Crippen LogP contribution in [0.25, 0.3) is 11.3 Å². The van der Waals surface area contributed by atoms with Gasteiger partial charge in [0.25, 0.3) is 0 Å². The number of anilines is 1. The predicted molar refractivity (Wildman–Crippen MR) is 107 cm³/mol. The number of carbonyl (C=O) groups is 1. The number of ether oxygens (including phenoxy) is 1. The molecule has 0 bridgehead atoms. The van der Waals surface area contributed by atoms with Crippen LogP contribution in [0, 0.1) is 11.6 Å². The third-order valence-electron chi connectivity index (χ3n) is 4.52. The monoisotopic (exact) mass is 468 g/mol. The Hall–Kier alpha value is -3.80. The number of carboxylic acids is 1. The smallest absolute Gasteiger partial charge is 0.429 e. The Balaban J connectivity index is 1.90. The lowest BCUT2D eigenvalue weighted by molar-refractivity contribution is -0.198. The molecule has 0 saturated heterocycles. The molecular weight excluding hydrogens is 451 g/mol. The number of alkyl halides is 3. The van der Waals surface area contributed by atoms with E-state index in [0.29, 0.717) is 23.3 Å². The zero-order valence-electron chi connectivity index (χ0n) is 16.7. The SMILES string of the molecule is Nc1nc(OC(c2ccc(F)c(F)c2)C(F)(F)F)cc(-c2ccc(CC(N)C(=O)O)cc2)n1. The van der Waals surface area contributed by atoms with Gasteiger partial charge in [0, 0.05) is 17.2 Å². The summed E-state index contributed by atoms with van der Waals surface area (Å²) >= 11 is 0. The summed E-state index contributed by atoms with van der Waals surface area (Å²) in [5.41, 5.74) is 11.6. The van der Waals surface area contributed by atoms with Gasteiger partial charge in [0.05, 0.1) is 5.69 Å². The first-order valence-corrected chi connectivity index (χ1v) is 9.34. The first kappa shape index (κ1) is 23.9. The van der Waals surface area contributed by atoms with Gasteiger partial charge in [-0.1, -0.05) is 30.3 Å². The normalized spacial score (nSPS) is 13.4. The molecule has 1 aromatic heterocycles. The van der Waals surface area contributed by atoms with Gasteiger partial charge in [-0.3, -0.25) is 4.79 Å². The minimum atomic E-state index is -4.98. The second-order valence-electron chi connectivity index (χ2n) is 7.01. The highest BCUT2D eigenvalue weighted by Crippen LogP contribution is 2.37. The number of nitrogen functional groups attached to an aromatic ring is 1. The number of halogens is 5. The Morgan fingerprint density at radius 3 is 2.27 bits per heavy atom. The van der Waals surface area contributed by atoms with E-state index < -0.39 is 47.4 Å². The van der Waals surface area contributed by atoms with E-state index in [4.69, 9.17) is 21.3 Å². The lowest BCUT2D eigenvalue weighted by Crippen LogP contribution is -2.32. The molecule has 0 saturated carbocycles. The maximum absolute atomic E-state index is 13.6. The van der Waals surface area contributed by atoms with E-state index in [1.807, 2.05) is 0 Å². The van der Waals surface area contributed by atoms with Crippen molar-refractivity contribution in [1.82, 2.24) is 9.97 Å². The number of carboxylic acid groups (broad SMARTS) is 1. The molecule has 0 aliphatic heterocycles. The second-order valence-corrected chi connectivity index (χ2v) is 7.01. The fraction of sp³-hybridized carbons (Fsp3) is 0.190. The van der Waals surface area contributed by atoms with Crippen molar-refractivity contribution < 1.29 is 36.6 Å². The Morgan fingerprint density at radius 1 is 1.03 bits per heavy atom. The van der Waals surface area contributed by atoms with Gasteiger partial charge in [0.2, 0.25) is 17.9 Å². The average molecular weight is 468 g/mol. The van der Waals surface area contributed by atoms with Crippen molar-refractivity contribution in [2.75, 3.05) is 5.73 Å². The van der Waals surface area contributed by atoms with E-state index in [1.54, 1.807) is 24.3 Å². The number of hydrogen-bond donors (Lipinski definition) is 3. The van der Waals surface area contributed by atoms with Crippen LogP contribution in [-0.4, -0.2) is 33.3 Å². The minimum Gasteiger partial charge on any atom is -0.480 e. The fourth-order valence-electron chi connectivity index (χ4n) is 2.92. The topological polar surface area (TPSA) is 124 Å². The van der Waals surface area contributed by atoms with Crippen molar-refractivity contribution in [1.29, 1.82) is 0 Å². The Kier molecular flexibility index (Phi) is 6.77. The molecule has 2 aromatic carbocycles. The molecule has 7 nitrogen and oxygen atoms in total. The molecular formula is C21H17F5N4O3. The van der Waals surface area contributed by atoms with E-state index in [2.05, 4.69) is 9.97 Å². The van der Waals surface area contributed by atoms with Crippen LogP contribution in [0.5, 0.6) is 5.88 Å². The van der Waals surface area contributed by atoms with Crippen molar-refractivity contribution in [3.8, 4) is 17.1 Å². The van der Waals surface area contributed by atoms with Crippen LogP contribution in [0.3, 0.4) is 0 Å². The second kappa shape index (κ2) is 9.36. The van der Waals surface area contributed by atoms with Gasteiger partial charge in [0.1, 0.15) is 6.04 Å². The average Bonchev–Trinajstić information content (AvgIpc) is 2.73.